The van der Waals surface area contributed by atoms with Crippen LogP contribution in [-0.2, 0) is 16.2 Å². The van der Waals surface area contributed by atoms with Gasteiger partial charge in [-0.2, -0.15) is 21.6 Å². The number of halogens is 4. The van der Waals surface area contributed by atoms with Crippen molar-refractivity contribution in [2.75, 3.05) is 3.82 Å². The van der Waals surface area contributed by atoms with Crippen LogP contribution in [0, 0.1) is 6.92 Å². The van der Waals surface area contributed by atoms with Gasteiger partial charge in [0.25, 0.3) is 10.0 Å². The lowest BCUT2D eigenvalue weighted by Gasteiger charge is -2.15. The molecular weight excluding hydrogens is 449 g/mol. The van der Waals surface area contributed by atoms with E-state index in [4.69, 9.17) is 11.8 Å². The molecule has 0 aliphatic heterocycles. The molecule has 0 saturated heterocycles. The zero-order valence-electron chi connectivity index (χ0n) is 14.8. The second-order valence-electron chi connectivity index (χ2n) is 6.07. The van der Waals surface area contributed by atoms with E-state index in [1.807, 2.05) is 0 Å². The van der Waals surface area contributed by atoms with Crippen molar-refractivity contribution < 1.29 is 26.7 Å². The number of aliphatic hydroxyl groups excluding tert-OH is 1. The van der Waals surface area contributed by atoms with Crippen LogP contribution >= 0.6 is 23.1 Å². The van der Waals surface area contributed by atoms with Crippen molar-refractivity contribution in [3.63, 3.8) is 0 Å². The first kappa shape index (κ1) is 21.6. The van der Waals surface area contributed by atoms with Gasteiger partial charge in [-0.25, -0.2) is 4.98 Å². The predicted molar refractivity (Wildman–Crippen MR) is 104 cm³/mol. The number of sulfonamides is 1. The maximum atomic E-state index is 12.9. The van der Waals surface area contributed by atoms with Crippen molar-refractivity contribution in [3.8, 4) is 0 Å². The molecule has 1 atom stereocenters. The molecule has 1 N–H and O–H groups in total. The van der Waals surface area contributed by atoms with Crippen LogP contribution < -0.4 is 3.82 Å². The topological polar surface area (TPSA) is 70.5 Å². The summed E-state index contributed by atoms with van der Waals surface area (Å²) in [4.78, 5) is 3.99. The van der Waals surface area contributed by atoms with E-state index in [-0.39, 0.29) is 21.3 Å². The fourth-order valence-electron chi connectivity index (χ4n) is 2.57. The summed E-state index contributed by atoms with van der Waals surface area (Å²) in [5.74, 6) is 0. The van der Waals surface area contributed by atoms with Gasteiger partial charge in [0.2, 0.25) is 5.13 Å². The van der Waals surface area contributed by atoms with Crippen LogP contribution in [0.1, 0.15) is 28.5 Å². The van der Waals surface area contributed by atoms with Gasteiger partial charge < -0.3 is 5.11 Å². The first-order chi connectivity index (χ1) is 13.5. The van der Waals surface area contributed by atoms with Crippen molar-refractivity contribution in [1.82, 2.24) is 4.98 Å². The van der Waals surface area contributed by atoms with E-state index in [9.17, 15) is 26.7 Å². The number of alkyl halides is 3. The lowest BCUT2D eigenvalue weighted by Crippen LogP contribution is -2.22. The summed E-state index contributed by atoms with van der Waals surface area (Å²) >= 11 is 6.86. The Morgan fingerprint density at radius 2 is 1.86 bits per heavy atom. The molecule has 1 unspecified atom stereocenters. The van der Waals surface area contributed by atoms with Gasteiger partial charge in [-0.1, -0.05) is 30.3 Å². The fraction of sp³-hybridized carbons (Fsp3) is 0.167. The second kappa shape index (κ2) is 7.94. The number of thiazole rings is 1. The Bertz CT molecular complexity index is 1130. The molecule has 1 heterocycles. The number of hydrogen-bond acceptors (Lipinski definition) is 5. The zero-order chi connectivity index (χ0) is 21.4. The third-order valence-electron chi connectivity index (χ3n) is 4.05. The minimum Gasteiger partial charge on any atom is -0.382 e. The van der Waals surface area contributed by atoms with Crippen LogP contribution in [0.4, 0.5) is 18.3 Å². The Hall–Kier alpha value is -2.14. The third kappa shape index (κ3) is 4.40. The first-order valence-electron chi connectivity index (χ1n) is 8.09. The largest absolute Gasteiger partial charge is 0.416 e. The smallest absolute Gasteiger partial charge is 0.382 e. The summed E-state index contributed by atoms with van der Waals surface area (Å²) in [6, 6.07) is 10.4. The molecule has 0 bridgehead atoms. The van der Waals surface area contributed by atoms with Crippen molar-refractivity contribution in [3.05, 3.63) is 76.3 Å². The Morgan fingerprint density at radius 1 is 1.17 bits per heavy atom. The van der Waals surface area contributed by atoms with E-state index in [0.29, 0.717) is 9.39 Å². The molecule has 0 aliphatic carbocycles. The van der Waals surface area contributed by atoms with Gasteiger partial charge in [-0.05, 0) is 36.2 Å². The lowest BCUT2D eigenvalue weighted by molar-refractivity contribution is -0.137. The standard InChI is InChI=1S/C18H14ClF3N2O3S2/c1-11-5-2-3-8-15(11)29(26,27)24(19)17-23-14(10-28-17)16(25)12-6-4-7-13(9-12)18(20,21)22/h2-10,16,25H,1H3. The highest BCUT2D eigenvalue weighted by molar-refractivity contribution is 7.94. The fourth-order valence-corrected chi connectivity index (χ4v) is 5.17. The molecule has 2 aromatic carbocycles. The summed E-state index contributed by atoms with van der Waals surface area (Å²) in [5, 5.41) is 11.6. The maximum Gasteiger partial charge on any atom is 0.416 e. The van der Waals surface area contributed by atoms with Crippen molar-refractivity contribution in [2.45, 2.75) is 24.1 Å². The second-order valence-corrected chi connectivity index (χ2v) is 9.20. The van der Waals surface area contributed by atoms with Gasteiger partial charge in [-0.3, -0.25) is 0 Å². The molecule has 0 fully saturated rings. The van der Waals surface area contributed by atoms with Gasteiger partial charge in [-0.15, -0.1) is 15.2 Å². The summed E-state index contributed by atoms with van der Waals surface area (Å²) < 4.78 is 64.6. The Labute approximate surface area is 174 Å². The Balaban J connectivity index is 1.90. The van der Waals surface area contributed by atoms with Crippen LogP contribution in [0.25, 0.3) is 0 Å². The van der Waals surface area contributed by atoms with Gasteiger partial charge in [0.05, 0.1) is 16.2 Å². The molecular formula is C18H14ClF3N2O3S2. The van der Waals surface area contributed by atoms with Crippen LogP contribution in [0.15, 0.2) is 58.8 Å². The lowest BCUT2D eigenvalue weighted by atomic mass is 10.0. The first-order valence-corrected chi connectivity index (χ1v) is 10.7. The molecule has 3 aromatic rings. The van der Waals surface area contributed by atoms with Crippen LogP contribution in [-0.4, -0.2) is 18.5 Å². The van der Waals surface area contributed by atoms with Gasteiger partial charge >= 0.3 is 6.18 Å². The predicted octanol–water partition coefficient (Wildman–Crippen LogP) is 4.90. The van der Waals surface area contributed by atoms with Gasteiger partial charge in [0.15, 0.2) is 0 Å². The minimum absolute atomic E-state index is 0.00910. The van der Waals surface area contributed by atoms with Crippen molar-refractivity contribution in [2.24, 2.45) is 0 Å². The van der Waals surface area contributed by atoms with Crippen molar-refractivity contribution in [1.29, 1.82) is 0 Å². The molecule has 11 heteroatoms. The number of anilines is 1. The Morgan fingerprint density at radius 3 is 2.52 bits per heavy atom. The molecule has 154 valence electrons. The van der Waals surface area contributed by atoms with E-state index >= 15 is 0 Å². The molecule has 0 aliphatic rings. The zero-order valence-corrected chi connectivity index (χ0v) is 17.1. The Kier molecular flexibility index (Phi) is 5.91. The number of nitrogens with zero attached hydrogens (tertiary/aromatic N) is 2. The molecule has 5 nitrogen and oxygen atoms in total. The van der Waals surface area contributed by atoms with Crippen molar-refractivity contribution >= 4 is 38.3 Å². The number of aryl methyl sites for hydroxylation is 1. The highest BCUT2D eigenvalue weighted by Gasteiger charge is 2.32. The average molecular weight is 463 g/mol. The highest BCUT2D eigenvalue weighted by Crippen LogP contribution is 2.35. The van der Waals surface area contributed by atoms with E-state index in [1.54, 1.807) is 25.1 Å². The average Bonchev–Trinajstić information content (AvgIpc) is 3.16. The molecule has 0 spiro atoms. The van der Waals surface area contributed by atoms with E-state index in [1.165, 1.54) is 23.6 Å². The normalized spacial score (nSPS) is 13.3. The summed E-state index contributed by atoms with van der Waals surface area (Å²) in [5.41, 5.74) is -0.473. The van der Waals surface area contributed by atoms with Crippen LogP contribution in [0.2, 0.25) is 0 Å². The maximum absolute atomic E-state index is 12.9. The minimum atomic E-state index is -4.56. The molecule has 0 amide bonds. The summed E-state index contributed by atoms with van der Waals surface area (Å²) in [6.45, 7) is 1.61. The monoisotopic (exact) mass is 462 g/mol. The number of benzene rings is 2. The molecule has 0 radical (unpaired) electrons. The quantitative estimate of drug-likeness (QED) is 0.547. The van der Waals surface area contributed by atoms with E-state index in [2.05, 4.69) is 4.98 Å². The number of aromatic nitrogens is 1. The molecule has 0 saturated carbocycles. The molecule has 1 aromatic heterocycles. The third-order valence-corrected chi connectivity index (χ3v) is 7.43. The van der Waals surface area contributed by atoms with E-state index < -0.39 is 27.9 Å². The van der Waals surface area contributed by atoms with Gasteiger partial charge in [0.1, 0.15) is 6.10 Å². The van der Waals surface area contributed by atoms with Crippen LogP contribution in [0.5, 0.6) is 0 Å². The number of rotatable bonds is 5. The SMILES string of the molecule is Cc1ccccc1S(=O)(=O)N(Cl)c1nc(C(O)c2cccc(C(F)(F)F)c2)cs1. The van der Waals surface area contributed by atoms with E-state index in [0.717, 1.165) is 23.5 Å². The summed E-state index contributed by atoms with van der Waals surface area (Å²) in [7, 11) is -4.11. The number of aliphatic hydroxyl groups is 1. The summed E-state index contributed by atoms with van der Waals surface area (Å²) in [6.07, 6.45) is -6.04. The molecule has 29 heavy (non-hydrogen) atoms. The highest BCUT2D eigenvalue weighted by atomic mass is 35.5. The molecule has 3 rings (SSSR count). The van der Waals surface area contributed by atoms with Crippen LogP contribution in [0.3, 0.4) is 0 Å². The van der Waals surface area contributed by atoms with Gasteiger partial charge in [0, 0.05) is 17.2 Å². The number of hydrogen-bond donors (Lipinski definition) is 1.